The van der Waals surface area contributed by atoms with Gasteiger partial charge in [0.05, 0.1) is 0 Å². The van der Waals surface area contributed by atoms with Gasteiger partial charge in [0.1, 0.15) is 0 Å². The second-order valence-corrected chi connectivity index (χ2v) is 9.92. The first-order chi connectivity index (χ1) is 13.9. The molecule has 0 aliphatic carbocycles. The van der Waals surface area contributed by atoms with Crippen molar-refractivity contribution in [2.24, 2.45) is 5.92 Å². The van der Waals surface area contributed by atoms with Crippen LogP contribution in [0.5, 0.6) is 0 Å². The molecular weight excluding hydrogens is 376 g/mol. The first-order valence-corrected chi connectivity index (χ1v) is 11.8. The van der Waals surface area contributed by atoms with E-state index in [1.165, 1.54) is 16.0 Å². The quantitative estimate of drug-likeness (QED) is 0.652. The van der Waals surface area contributed by atoms with Crippen LogP contribution in [0.4, 0.5) is 0 Å². The van der Waals surface area contributed by atoms with E-state index in [1.807, 2.05) is 23.9 Å². The van der Waals surface area contributed by atoms with E-state index in [9.17, 15) is 4.79 Å². The number of thioether (sulfide) groups is 1. The first-order valence-electron chi connectivity index (χ1n) is 10.6. The fourth-order valence-electron chi connectivity index (χ4n) is 3.88. The van der Waals surface area contributed by atoms with Gasteiger partial charge < -0.3 is 5.32 Å². The second-order valence-electron chi connectivity index (χ2n) is 9.07. The van der Waals surface area contributed by atoms with E-state index in [1.54, 1.807) is 0 Å². The average molecular weight is 411 g/mol. The van der Waals surface area contributed by atoms with Crippen LogP contribution < -0.4 is 5.32 Å². The summed E-state index contributed by atoms with van der Waals surface area (Å²) >= 11 is 1.82. The maximum absolute atomic E-state index is 12.5. The van der Waals surface area contributed by atoms with Crippen molar-refractivity contribution in [3.8, 4) is 0 Å². The molecular formula is C25H34N2OS. The molecule has 3 nitrogen and oxygen atoms in total. The number of nitrogens with zero attached hydrogens (tertiary/aromatic N) is 1. The molecule has 29 heavy (non-hydrogen) atoms. The van der Waals surface area contributed by atoms with Crippen LogP contribution in [0.1, 0.15) is 55.1 Å². The molecule has 1 heterocycles. The van der Waals surface area contributed by atoms with Crippen LogP contribution in [0.15, 0.2) is 53.4 Å². The maximum Gasteiger partial charge on any atom is 0.251 e. The van der Waals surface area contributed by atoms with Crippen molar-refractivity contribution < 1.29 is 4.79 Å². The van der Waals surface area contributed by atoms with E-state index in [0.29, 0.717) is 5.92 Å². The van der Waals surface area contributed by atoms with Gasteiger partial charge in [-0.1, -0.05) is 51.1 Å². The highest BCUT2D eigenvalue weighted by atomic mass is 32.2. The number of nitrogens with one attached hydrogen (secondary N) is 1. The lowest BCUT2D eigenvalue weighted by Gasteiger charge is -2.32. The Balaban J connectivity index is 1.44. The summed E-state index contributed by atoms with van der Waals surface area (Å²) in [7, 11) is 0. The van der Waals surface area contributed by atoms with E-state index in [0.717, 1.165) is 44.6 Å². The molecule has 2 aromatic rings. The van der Waals surface area contributed by atoms with Gasteiger partial charge in [-0.2, -0.15) is 0 Å². The zero-order chi connectivity index (χ0) is 20.9. The summed E-state index contributed by atoms with van der Waals surface area (Å²) in [5, 5.41) is 3.15. The summed E-state index contributed by atoms with van der Waals surface area (Å²) < 4.78 is 0. The number of piperidine rings is 1. The highest BCUT2D eigenvalue weighted by molar-refractivity contribution is 7.98. The summed E-state index contributed by atoms with van der Waals surface area (Å²) in [6.45, 7) is 10.6. The molecule has 1 N–H and O–H groups in total. The summed E-state index contributed by atoms with van der Waals surface area (Å²) in [5.74, 6) is 0.613. The van der Waals surface area contributed by atoms with E-state index in [2.05, 4.69) is 73.6 Å². The fourth-order valence-corrected chi connectivity index (χ4v) is 4.49. The number of hydrogen-bond donors (Lipinski definition) is 1. The van der Waals surface area contributed by atoms with Gasteiger partial charge in [-0.05, 0) is 72.8 Å². The Kier molecular flexibility index (Phi) is 7.42. The molecule has 4 heteroatoms. The van der Waals surface area contributed by atoms with Gasteiger partial charge in [0.2, 0.25) is 0 Å². The Morgan fingerprint density at radius 1 is 1.07 bits per heavy atom. The van der Waals surface area contributed by atoms with E-state index in [-0.39, 0.29) is 11.3 Å². The van der Waals surface area contributed by atoms with Gasteiger partial charge >= 0.3 is 0 Å². The normalized spacial score (nSPS) is 16.0. The zero-order valence-electron chi connectivity index (χ0n) is 18.2. The third-order valence-electron chi connectivity index (χ3n) is 5.86. The predicted molar refractivity (Wildman–Crippen MR) is 124 cm³/mol. The number of hydrogen-bond acceptors (Lipinski definition) is 3. The molecule has 0 spiro atoms. The van der Waals surface area contributed by atoms with Crippen LogP contribution >= 0.6 is 11.8 Å². The second kappa shape index (κ2) is 9.82. The van der Waals surface area contributed by atoms with Crippen LogP contribution in [-0.2, 0) is 12.0 Å². The van der Waals surface area contributed by atoms with Crippen LogP contribution in [-0.4, -0.2) is 36.7 Å². The molecule has 0 radical (unpaired) electrons. The van der Waals surface area contributed by atoms with Crippen LogP contribution in [0.3, 0.4) is 0 Å². The van der Waals surface area contributed by atoms with E-state index in [4.69, 9.17) is 0 Å². The lowest BCUT2D eigenvalue weighted by molar-refractivity contribution is 0.0935. The van der Waals surface area contributed by atoms with Crippen molar-refractivity contribution in [3.63, 3.8) is 0 Å². The number of benzene rings is 2. The molecule has 1 aliphatic heterocycles. The number of carbonyl (C=O) groups excluding carboxylic acids is 1. The minimum absolute atomic E-state index is 0.0433. The van der Waals surface area contributed by atoms with Gasteiger partial charge in [-0.15, -0.1) is 11.8 Å². The lowest BCUT2D eigenvalue weighted by atomic mass is 9.86. The van der Waals surface area contributed by atoms with E-state index < -0.39 is 0 Å². The standard InChI is InChI=1S/C25H34N2OS/c1-25(2,3)22-11-9-20(10-12-22)24(28)26-17-19-13-15-27(16-14-19)18-21-7-5-6-8-23(21)29-4/h5-12,19H,13-18H2,1-4H3,(H,26,28). The van der Waals surface area contributed by atoms with Gasteiger partial charge in [-0.25, -0.2) is 0 Å². The van der Waals surface area contributed by atoms with Gasteiger partial charge in [-0.3, -0.25) is 9.69 Å². The number of rotatable bonds is 6. The van der Waals surface area contributed by atoms with E-state index >= 15 is 0 Å². The monoisotopic (exact) mass is 410 g/mol. The van der Waals surface area contributed by atoms with Crippen molar-refractivity contribution in [2.45, 2.75) is 50.5 Å². The molecule has 0 saturated carbocycles. The fraction of sp³-hybridized carbons (Fsp3) is 0.480. The summed E-state index contributed by atoms with van der Waals surface area (Å²) in [6.07, 6.45) is 4.43. The molecule has 3 rings (SSSR count). The Bertz CT molecular complexity index is 802. The van der Waals surface area contributed by atoms with Crippen LogP contribution in [0, 0.1) is 5.92 Å². The first kappa shape index (κ1) is 21.9. The highest BCUT2D eigenvalue weighted by Crippen LogP contribution is 2.25. The molecule has 0 bridgehead atoms. The molecule has 2 aromatic carbocycles. The van der Waals surface area contributed by atoms with Crippen LogP contribution in [0.25, 0.3) is 0 Å². The Morgan fingerprint density at radius 3 is 2.34 bits per heavy atom. The minimum atomic E-state index is 0.0433. The molecule has 0 aromatic heterocycles. The number of carbonyl (C=O) groups is 1. The molecule has 0 unspecified atom stereocenters. The summed E-state index contributed by atoms with van der Waals surface area (Å²) in [6, 6.07) is 16.7. The minimum Gasteiger partial charge on any atom is -0.352 e. The molecule has 1 fully saturated rings. The molecule has 1 aliphatic rings. The maximum atomic E-state index is 12.5. The average Bonchev–Trinajstić information content (AvgIpc) is 2.73. The Hall–Kier alpha value is -1.78. The lowest BCUT2D eigenvalue weighted by Crippen LogP contribution is -2.38. The zero-order valence-corrected chi connectivity index (χ0v) is 19.0. The van der Waals surface area contributed by atoms with Crippen LogP contribution in [0.2, 0.25) is 0 Å². The molecule has 0 atom stereocenters. The molecule has 1 amide bonds. The summed E-state index contributed by atoms with van der Waals surface area (Å²) in [4.78, 5) is 16.4. The summed E-state index contributed by atoms with van der Waals surface area (Å²) in [5.41, 5.74) is 3.54. The van der Waals surface area contributed by atoms with Crippen molar-refractivity contribution >= 4 is 17.7 Å². The molecule has 1 saturated heterocycles. The number of likely N-dealkylation sites (tertiary alicyclic amines) is 1. The topological polar surface area (TPSA) is 32.3 Å². The molecule has 156 valence electrons. The smallest absolute Gasteiger partial charge is 0.251 e. The van der Waals surface area contributed by atoms with Crippen molar-refractivity contribution in [3.05, 3.63) is 65.2 Å². The third kappa shape index (κ3) is 6.10. The number of amides is 1. The van der Waals surface area contributed by atoms with Gasteiger partial charge in [0.25, 0.3) is 5.91 Å². The third-order valence-corrected chi connectivity index (χ3v) is 6.70. The largest absolute Gasteiger partial charge is 0.352 e. The Morgan fingerprint density at radius 2 is 1.72 bits per heavy atom. The SMILES string of the molecule is CSc1ccccc1CN1CCC(CNC(=O)c2ccc(C(C)(C)C)cc2)CC1. The van der Waals surface area contributed by atoms with Gasteiger partial charge in [0, 0.05) is 23.5 Å². The Labute approximate surface area is 180 Å². The van der Waals surface area contributed by atoms with Gasteiger partial charge in [0.15, 0.2) is 0 Å². The predicted octanol–water partition coefficient (Wildman–Crippen LogP) is 5.35. The van der Waals surface area contributed by atoms with Crippen molar-refractivity contribution in [2.75, 3.05) is 25.9 Å². The van der Waals surface area contributed by atoms with Crippen molar-refractivity contribution in [1.29, 1.82) is 0 Å². The van der Waals surface area contributed by atoms with Crippen molar-refractivity contribution in [1.82, 2.24) is 10.2 Å². The highest BCUT2D eigenvalue weighted by Gasteiger charge is 2.21.